The zero-order valence-corrected chi connectivity index (χ0v) is 10.7. The van der Waals surface area contributed by atoms with Gasteiger partial charge in [-0.15, -0.1) is 0 Å². The zero-order valence-electron chi connectivity index (χ0n) is 10.7. The minimum absolute atomic E-state index is 0.401. The summed E-state index contributed by atoms with van der Waals surface area (Å²) in [4.78, 5) is 7.97. The summed E-state index contributed by atoms with van der Waals surface area (Å²) in [6, 6.07) is 8.95. The predicted molar refractivity (Wildman–Crippen MR) is 73.4 cm³/mol. The molecule has 3 nitrogen and oxygen atoms in total. The quantitative estimate of drug-likeness (QED) is 0.847. The Hall–Kier alpha value is -1.61. The molecule has 0 aliphatic carbocycles. The van der Waals surface area contributed by atoms with Crippen LogP contribution in [0, 0.1) is 6.92 Å². The van der Waals surface area contributed by atoms with Gasteiger partial charge in [0.1, 0.15) is 5.82 Å². The number of piperidine rings is 1. The second kappa shape index (κ2) is 4.94. The number of benzene rings is 1. The molecule has 0 radical (unpaired) electrons. The van der Waals surface area contributed by atoms with E-state index in [4.69, 9.17) is 0 Å². The van der Waals surface area contributed by atoms with Crippen LogP contribution in [0.5, 0.6) is 0 Å². The SMILES string of the molecule is Cc1ccc(-c2cnc(C3CCCCN3)[nH]2)cc1. The zero-order chi connectivity index (χ0) is 12.4. The number of H-pyrrole nitrogens is 1. The van der Waals surface area contributed by atoms with Crippen molar-refractivity contribution in [3.8, 4) is 11.3 Å². The molecule has 1 aromatic carbocycles. The summed E-state index contributed by atoms with van der Waals surface area (Å²) in [7, 11) is 0. The molecule has 1 aromatic heterocycles. The summed E-state index contributed by atoms with van der Waals surface area (Å²) in [5.41, 5.74) is 3.60. The Labute approximate surface area is 108 Å². The van der Waals surface area contributed by atoms with Gasteiger partial charge in [-0.1, -0.05) is 36.2 Å². The molecule has 1 aliphatic rings. The topological polar surface area (TPSA) is 40.7 Å². The van der Waals surface area contributed by atoms with Gasteiger partial charge in [0.05, 0.1) is 17.9 Å². The van der Waals surface area contributed by atoms with Gasteiger partial charge in [-0.3, -0.25) is 0 Å². The highest BCUT2D eigenvalue weighted by atomic mass is 15.0. The van der Waals surface area contributed by atoms with Gasteiger partial charge in [-0.05, 0) is 31.9 Å². The maximum Gasteiger partial charge on any atom is 0.123 e. The monoisotopic (exact) mass is 241 g/mol. The van der Waals surface area contributed by atoms with E-state index in [1.165, 1.54) is 30.4 Å². The standard InChI is InChI=1S/C15H19N3/c1-11-5-7-12(8-6-11)14-10-17-15(18-14)13-4-2-3-9-16-13/h5-8,10,13,16H,2-4,9H2,1H3,(H,17,18). The van der Waals surface area contributed by atoms with Gasteiger partial charge < -0.3 is 10.3 Å². The highest BCUT2D eigenvalue weighted by Crippen LogP contribution is 2.24. The summed E-state index contributed by atoms with van der Waals surface area (Å²) in [5.74, 6) is 1.07. The Bertz CT molecular complexity index is 507. The predicted octanol–water partition coefficient (Wildman–Crippen LogP) is 3.20. The fourth-order valence-electron chi connectivity index (χ4n) is 2.48. The Morgan fingerprint density at radius 2 is 2.00 bits per heavy atom. The van der Waals surface area contributed by atoms with Crippen LogP contribution in [0.15, 0.2) is 30.5 Å². The van der Waals surface area contributed by atoms with Crippen molar-refractivity contribution in [2.75, 3.05) is 6.54 Å². The molecule has 0 spiro atoms. The summed E-state index contributed by atoms with van der Waals surface area (Å²) in [5, 5.41) is 3.52. The van der Waals surface area contributed by atoms with E-state index in [1.54, 1.807) is 0 Å². The molecule has 1 atom stereocenters. The van der Waals surface area contributed by atoms with E-state index >= 15 is 0 Å². The lowest BCUT2D eigenvalue weighted by Gasteiger charge is -2.21. The van der Waals surface area contributed by atoms with Crippen molar-refractivity contribution in [2.24, 2.45) is 0 Å². The van der Waals surface area contributed by atoms with E-state index < -0.39 is 0 Å². The number of aromatic amines is 1. The number of imidazole rings is 1. The highest BCUT2D eigenvalue weighted by molar-refractivity contribution is 5.58. The molecule has 1 aliphatic heterocycles. The van der Waals surface area contributed by atoms with Crippen LogP contribution < -0.4 is 5.32 Å². The van der Waals surface area contributed by atoms with Gasteiger partial charge in [0, 0.05) is 0 Å². The lowest BCUT2D eigenvalue weighted by Crippen LogP contribution is -2.27. The lowest BCUT2D eigenvalue weighted by molar-refractivity contribution is 0.399. The molecule has 0 saturated carbocycles. The van der Waals surface area contributed by atoms with Crippen molar-refractivity contribution in [1.29, 1.82) is 0 Å². The van der Waals surface area contributed by atoms with Crippen LogP contribution in [0.4, 0.5) is 0 Å². The first-order valence-electron chi connectivity index (χ1n) is 6.68. The second-order valence-electron chi connectivity index (χ2n) is 5.05. The second-order valence-corrected chi connectivity index (χ2v) is 5.05. The fraction of sp³-hybridized carbons (Fsp3) is 0.400. The van der Waals surface area contributed by atoms with Gasteiger partial charge in [0.15, 0.2) is 0 Å². The fourth-order valence-corrected chi connectivity index (χ4v) is 2.48. The average Bonchev–Trinajstić information content (AvgIpc) is 2.90. The Balaban J connectivity index is 1.82. The number of rotatable bonds is 2. The molecule has 1 saturated heterocycles. The van der Waals surface area contributed by atoms with Gasteiger partial charge in [0.25, 0.3) is 0 Å². The molecule has 0 amide bonds. The summed E-state index contributed by atoms with van der Waals surface area (Å²) >= 11 is 0. The summed E-state index contributed by atoms with van der Waals surface area (Å²) in [6.07, 6.45) is 5.69. The normalized spacial score (nSPS) is 19.9. The van der Waals surface area contributed by atoms with E-state index in [0.717, 1.165) is 18.1 Å². The van der Waals surface area contributed by atoms with Crippen LogP contribution in [-0.2, 0) is 0 Å². The molecule has 1 fully saturated rings. The average molecular weight is 241 g/mol. The first-order chi connectivity index (χ1) is 8.83. The molecule has 2 N–H and O–H groups in total. The molecular weight excluding hydrogens is 222 g/mol. The summed E-state index contributed by atoms with van der Waals surface area (Å²) in [6.45, 7) is 3.21. The number of hydrogen-bond acceptors (Lipinski definition) is 2. The molecule has 1 unspecified atom stereocenters. The molecule has 3 heteroatoms. The van der Waals surface area contributed by atoms with Crippen molar-refractivity contribution in [2.45, 2.75) is 32.2 Å². The first-order valence-corrected chi connectivity index (χ1v) is 6.68. The van der Waals surface area contributed by atoms with Gasteiger partial charge in [0.2, 0.25) is 0 Å². The highest BCUT2D eigenvalue weighted by Gasteiger charge is 2.17. The van der Waals surface area contributed by atoms with Crippen LogP contribution in [0.3, 0.4) is 0 Å². The van der Waals surface area contributed by atoms with Crippen molar-refractivity contribution in [3.05, 3.63) is 41.9 Å². The lowest BCUT2D eigenvalue weighted by atomic mass is 10.0. The van der Waals surface area contributed by atoms with Crippen molar-refractivity contribution >= 4 is 0 Å². The van der Waals surface area contributed by atoms with Gasteiger partial charge in [-0.25, -0.2) is 4.98 Å². The molecule has 2 aromatic rings. The van der Waals surface area contributed by atoms with Crippen LogP contribution in [0.2, 0.25) is 0 Å². The molecule has 18 heavy (non-hydrogen) atoms. The van der Waals surface area contributed by atoms with Gasteiger partial charge in [-0.2, -0.15) is 0 Å². The largest absolute Gasteiger partial charge is 0.341 e. The van der Waals surface area contributed by atoms with E-state index in [9.17, 15) is 0 Å². The molecule has 3 rings (SSSR count). The number of nitrogens with zero attached hydrogens (tertiary/aromatic N) is 1. The van der Waals surface area contributed by atoms with E-state index in [0.29, 0.717) is 6.04 Å². The summed E-state index contributed by atoms with van der Waals surface area (Å²) < 4.78 is 0. The van der Waals surface area contributed by atoms with E-state index in [2.05, 4.69) is 46.5 Å². The van der Waals surface area contributed by atoms with Crippen molar-refractivity contribution in [3.63, 3.8) is 0 Å². The van der Waals surface area contributed by atoms with Crippen LogP contribution in [0.25, 0.3) is 11.3 Å². The van der Waals surface area contributed by atoms with E-state index in [1.807, 2.05) is 6.20 Å². The third-order valence-electron chi connectivity index (χ3n) is 3.60. The third kappa shape index (κ3) is 2.31. The molecule has 94 valence electrons. The Kier molecular flexibility index (Phi) is 3.15. The van der Waals surface area contributed by atoms with Crippen LogP contribution in [-0.4, -0.2) is 16.5 Å². The molecular formula is C15H19N3. The van der Waals surface area contributed by atoms with E-state index in [-0.39, 0.29) is 0 Å². The maximum atomic E-state index is 4.52. The number of nitrogens with one attached hydrogen (secondary N) is 2. The molecule has 0 bridgehead atoms. The Morgan fingerprint density at radius 3 is 2.72 bits per heavy atom. The van der Waals surface area contributed by atoms with Crippen molar-refractivity contribution < 1.29 is 0 Å². The minimum Gasteiger partial charge on any atom is -0.341 e. The number of hydrogen-bond donors (Lipinski definition) is 2. The van der Waals surface area contributed by atoms with Crippen molar-refractivity contribution in [1.82, 2.24) is 15.3 Å². The third-order valence-corrected chi connectivity index (χ3v) is 3.60. The minimum atomic E-state index is 0.401. The van der Waals surface area contributed by atoms with Gasteiger partial charge >= 0.3 is 0 Å². The smallest absolute Gasteiger partial charge is 0.123 e. The number of aromatic nitrogens is 2. The maximum absolute atomic E-state index is 4.52. The number of aryl methyl sites for hydroxylation is 1. The Morgan fingerprint density at radius 1 is 1.17 bits per heavy atom. The molecule has 2 heterocycles. The van der Waals surface area contributed by atoms with Crippen LogP contribution >= 0.6 is 0 Å². The van der Waals surface area contributed by atoms with Crippen LogP contribution in [0.1, 0.15) is 36.7 Å². The first kappa shape index (κ1) is 11.5.